The lowest BCUT2D eigenvalue weighted by atomic mass is 10.4. The van der Waals surface area contributed by atoms with Crippen LogP contribution in [0.3, 0.4) is 0 Å². The SMILES string of the molecule is Cc1cc(C)nc(S[C@@H]2CCNC2)n1.Cl. The van der Waals surface area contributed by atoms with Gasteiger partial charge in [-0.25, -0.2) is 9.97 Å². The van der Waals surface area contributed by atoms with E-state index in [0.29, 0.717) is 5.25 Å². The van der Waals surface area contributed by atoms with Crippen LogP contribution >= 0.6 is 24.2 Å². The second kappa shape index (κ2) is 5.68. The molecular formula is C10H16ClN3S. The highest BCUT2D eigenvalue weighted by molar-refractivity contribution is 7.99. The predicted octanol–water partition coefficient (Wildman–Crippen LogP) is 1.97. The molecule has 1 N–H and O–H groups in total. The first-order valence-electron chi connectivity index (χ1n) is 4.94. The first kappa shape index (κ1) is 12.7. The van der Waals surface area contributed by atoms with Crippen LogP contribution in [0.15, 0.2) is 11.2 Å². The van der Waals surface area contributed by atoms with Crippen LogP contribution in [0.25, 0.3) is 0 Å². The van der Waals surface area contributed by atoms with Crippen LogP contribution in [0.2, 0.25) is 0 Å². The third kappa shape index (κ3) is 3.63. The number of thioether (sulfide) groups is 1. The van der Waals surface area contributed by atoms with Gasteiger partial charge in [-0.15, -0.1) is 12.4 Å². The number of rotatable bonds is 2. The van der Waals surface area contributed by atoms with Gasteiger partial charge in [-0.2, -0.15) is 0 Å². The van der Waals surface area contributed by atoms with Crippen LogP contribution in [0, 0.1) is 13.8 Å². The van der Waals surface area contributed by atoms with Gasteiger partial charge in [-0.1, -0.05) is 11.8 Å². The molecule has 1 aliphatic rings. The summed E-state index contributed by atoms with van der Waals surface area (Å²) in [7, 11) is 0. The molecule has 2 rings (SSSR count). The monoisotopic (exact) mass is 245 g/mol. The zero-order valence-corrected chi connectivity index (χ0v) is 10.6. The van der Waals surface area contributed by atoms with Gasteiger partial charge < -0.3 is 5.32 Å². The Morgan fingerprint density at radius 2 is 2.00 bits per heavy atom. The van der Waals surface area contributed by atoms with Crippen LogP contribution in [-0.2, 0) is 0 Å². The summed E-state index contributed by atoms with van der Waals surface area (Å²) in [6.07, 6.45) is 1.22. The van der Waals surface area contributed by atoms with Gasteiger partial charge in [0.25, 0.3) is 0 Å². The van der Waals surface area contributed by atoms with E-state index in [1.807, 2.05) is 19.9 Å². The molecule has 0 amide bonds. The quantitative estimate of drug-likeness (QED) is 0.809. The minimum Gasteiger partial charge on any atom is -0.316 e. The third-order valence-corrected chi connectivity index (χ3v) is 3.38. The first-order valence-corrected chi connectivity index (χ1v) is 5.81. The minimum absolute atomic E-state index is 0. The molecule has 1 aromatic heterocycles. The van der Waals surface area contributed by atoms with Crippen LogP contribution in [0.4, 0.5) is 0 Å². The Morgan fingerprint density at radius 3 is 2.53 bits per heavy atom. The van der Waals surface area contributed by atoms with Crippen LogP contribution in [0.1, 0.15) is 17.8 Å². The summed E-state index contributed by atoms with van der Waals surface area (Å²) in [5.41, 5.74) is 2.12. The Bertz CT molecular complexity index is 306. The highest BCUT2D eigenvalue weighted by atomic mass is 35.5. The summed E-state index contributed by atoms with van der Waals surface area (Å²) in [5.74, 6) is 0. The van der Waals surface area contributed by atoms with Crippen molar-refractivity contribution in [2.45, 2.75) is 30.7 Å². The van der Waals surface area contributed by atoms with E-state index in [4.69, 9.17) is 0 Å². The van der Waals surface area contributed by atoms with E-state index in [0.717, 1.165) is 29.6 Å². The molecule has 1 aromatic rings. The van der Waals surface area contributed by atoms with Crippen molar-refractivity contribution in [3.8, 4) is 0 Å². The Balaban J connectivity index is 0.00000112. The van der Waals surface area contributed by atoms with Gasteiger partial charge in [0.1, 0.15) is 0 Å². The maximum atomic E-state index is 4.42. The topological polar surface area (TPSA) is 37.8 Å². The molecule has 1 fully saturated rings. The number of aromatic nitrogens is 2. The number of aryl methyl sites for hydroxylation is 2. The molecule has 0 saturated carbocycles. The van der Waals surface area contributed by atoms with E-state index in [-0.39, 0.29) is 12.4 Å². The molecule has 0 spiro atoms. The zero-order valence-electron chi connectivity index (χ0n) is 8.99. The molecule has 2 heterocycles. The summed E-state index contributed by atoms with van der Waals surface area (Å²) >= 11 is 1.79. The van der Waals surface area contributed by atoms with Crippen molar-refractivity contribution in [1.82, 2.24) is 15.3 Å². The maximum absolute atomic E-state index is 4.42. The third-order valence-electron chi connectivity index (χ3n) is 2.25. The van der Waals surface area contributed by atoms with Crippen LogP contribution < -0.4 is 5.32 Å². The number of nitrogens with zero attached hydrogens (tertiary/aromatic N) is 2. The largest absolute Gasteiger partial charge is 0.316 e. The van der Waals surface area contributed by atoms with Crippen molar-refractivity contribution in [2.24, 2.45) is 0 Å². The van der Waals surface area contributed by atoms with Crippen molar-refractivity contribution in [1.29, 1.82) is 0 Å². The Hall–Kier alpha value is -0.320. The molecule has 3 nitrogen and oxygen atoms in total. The average molecular weight is 246 g/mol. The van der Waals surface area contributed by atoms with E-state index in [1.54, 1.807) is 11.8 Å². The Labute approximate surface area is 101 Å². The second-order valence-electron chi connectivity index (χ2n) is 3.67. The summed E-state index contributed by atoms with van der Waals surface area (Å²) < 4.78 is 0. The van der Waals surface area contributed by atoms with E-state index >= 15 is 0 Å². The maximum Gasteiger partial charge on any atom is 0.188 e. The van der Waals surface area contributed by atoms with Crippen molar-refractivity contribution in [2.75, 3.05) is 13.1 Å². The Kier molecular flexibility index (Phi) is 4.83. The summed E-state index contributed by atoms with van der Waals surface area (Å²) in [5, 5.41) is 4.92. The normalized spacial score (nSPS) is 20.0. The van der Waals surface area contributed by atoms with Gasteiger partial charge in [-0.05, 0) is 32.9 Å². The fraction of sp³-hybridized carbons (Fsp3) is 0.600. The van der Waals surface area contributed by atoms with E-state index in [2.05, 4.69) is 15.3 Å². The minimum atomic E-state index is 0. The highest BCUT2D eigenvalue weighted by Gasteiger charge is 2.17. The van der Waals surface area contributed by atoms with Gasteiger partial charge >= 0.3 is 0 Å². The summed E-state index contributed by atoms with van der Waals surface area (Å²) in [4.78, 5) is 8.84. The van der Waals surface area contributed by atoms with Crippen molar-refractivity contribution in [3.63, 3.8) is 0 Å². The molecule has 0 radical (unpaired) electrons. The van der Waals surface area contributed by atoms with Crippen LogP contribution in [0.5, 0.6) is 0 Å². The molecule has 84 valence electrons. The second-order valence-corrected chi connectivity index (χ2v) is 4.93. The molecule has 15 heavy (non-hydrogen) atoms. The lowest BCUT2D eigenvalue weighted by molar-refractivity contribution is 0.856. The van der Waals surface area contributed by atoms with Crippen molar-refractivity contribution < 1.29 is 0 Å². The van der Waals surface area contributed by atoms with Gasteiger partial charge in [0.05, 0.1) is 0 Å². The van der Waals surface area contributed by atoms with Gasteiger partial charge in [0, 0.05) is 23.2 Å². The number of halogens is 1. The van der Waals surface area contributed by atoms with Crippen molar-refractivity contribution in [3.05, 3.63) is 17.5 Å². The molecule has 0 unspecified atom stereocenters. The zero-order chi connectivity index (χ0) is 9.97. The molecule has 0 aromatic carbocycles. The molecule has 1 atom stereocenters. The molecule has 0 bridgehead atoms. The van der Waals surface area contributed by atoms with E-state index in [1.165, 1.54) is 6.42 Å². The van der Waals surface area contributed by atoms with E-state index < -0.39 is 0 Å². The fourth-order valence-corrected chi connectivity index (χ4v) is 2.75. The van der Waals surface area contributed by atoms with E-state index in [9.17, 15) is 0 Å². The lowest BCUT2D eigenvalue weighted by Crippen LogP contribution is -2.10. The van der Waals surface area contributed by atoms with Gasteiger partial charge in [0.2, 0.25) is 0 Å². The number of hydrogen-bond acceptors (Lipinski definition) is 4. The molecule has 1 saturated heterocycles. The summed E-state index contributed by atoms with van der Waals surface area (Å²) in [6, 6.07) is 2.01. The molecule has 5 heteroatoms. The first-order chi connectivity index (χ1) is 6.74. The fourth-order valence-electron chi connectivity index (χ4n) is 1.62. The molecular weight excluding hydrogens is 230 g/mol. The van der Waals surface area contributed by atoms with Crippen molar-refractivity contribution >= 4 is 24.2 Å². The molecule has 0 aliphatic carbocycles. The highest BCUT2D eigenvalue weighted by Crippen LogP contribution is 2.24. The van der Waals surface area contributed by atoms with Crippen LogP contribution in [-0.4, -0.2) is 28.3 Å². The van der Waals surface area contributed by atoms with Gasteiger partial charge in [0.15, 0.2) is 5.16 Å². The Morgan fingerprint density at radius 1 is 1.33 bits per heavy atom. The number of hydrogen-bond donors (Lipinski definition) is 1. The average Bonchev–Trinajstić information content (AvgIpc) is 2.54. The molecule has 1 aliphatic heterocycles. The summed E-state index contributed by atoms with van der Waals surface area (Å²) in [6.45, 7) is 6.25. The lowest BCUT2D eigenvalue weighted by Gasteiger charge is -2.07. The number of nitrogens with one attached hydrogen (secondary N) is 1. The predicted molar refractivity (Wildman–Crippen MR) is 65.9 cm³/mol. The standard InChI is InChI=1S/C10H15N3S.ClH/c1-7-5-8(2)13-10(12-7)14-9-3-4-11-6-9;/h5,9,11H,3-4,6H2,1-2H3;1H/t9-;/m1./s1. The smallest absolute Gasteiger partial charge is 0.188 e. The van der Waals surface area contributed by atoms with Gasteiger partial charge in [-0.3, -0.25) is 0 Å².